The van der Waals surface area contributed by atoms with Crippen LogP contribution in [0.5, 0.6) is 5.75 Å². The average Bonchev–Trinajstić information content (AvgIpc) is 2.80. The molecule has 0 aromatic heterocycles. The number of rotatable bonds is 8. The van der Waals surface area contributed by atoms with Crippen LogP contribution in [-0.4, -0.2) is 57.2 Å². The van der Waals surface area contributed by atoms with Crippen LogP contribution >= 0.6 is 28.1 Å². The second-order valence-electron chi connectivity index (χ2n) is 8.00. The number of methoxy groups -OCH3 is 1. The predicted molar refractivity (Wildman–Crippen MR) is 139 cm³/mol. The normalized spacial score (nSPS) is 15.0. The quantitative estimate of drug-likeness (QED) is 0.366. The second kappa shape index (κ2) is 12.1. The molecule has 0 spiro atoms. The Kier molecular flexibility index (Phi) is 9.43. The Morgan fingerprint density at radius 3 is 2.47 bits per heavy atom. The van der Waals surface area contributed by atoms with Crippen molar-refractivity contribution in [3.05, 3.63) is 52.5 Å². The summed E-state index contributed by atoms with van der Waals surface area (Å²) in [5, 5.41) is 5.61. The fourth-order valence-electron chi connectivity index (χ4n) is 3.46. The highest BCUT2D eigenvalue weighted by molar-refractivity contribution is 9.10. The van der Waals surface area contributed by atoms with Gasteiger partial charge in [-0.05, 0) is 73.4 Å². The summed E-state index contributed by atoms with van der Waals surface area (Å²) in [6.45, 7) is 3.89. The second-order valence-corrected chi connectivity index (χ2v) is 11.3. The van der Waals surface area contributed by atoms with Gasteiger partial charge in [-0.1, -0.05) is 22.9 Å². The van der Waals surface area contributed by atoms with Gasteiger partial charge in [-0.2, -0.15) is 4.31 Å². The van der Waals surface area contributed by atoms with Crippen molar-refractivity contribution in [3.8, 4) is 5.75 Å². The number of anilines is 1. The number of ether oxygens (including phenoxy) is 2. The minimum atomic E-state index is -3.53. The summed E-state index contributed by atoms with van der Waals surface area (Å²) in [6.07, 6.45) is 1.73. The zero-order chi connectivity index (χ0) is 24.7. The highest BCUT2D eigenvalue weighted by Gasteiger charge is 2.28. The third kappa shape index (κ3) is 6.98. The smallest absolute Gasteiger partial charge is 0.261 e. The van der Waals surface area contributed by atoms with Crippen LogP contribution in [0.1, 0.15) is 30.1 Å². The van der Waals surface area contributed by atoms with Crippen LogP contribution in [0, 0.1) is 5.92 Å². The van der Waals surface area contributed by atoms with Crippen LogP contribution in [0.4, 0.5) is 5.69 Å². The molecular weight excluding hydrogens is 542 g/mol. The maximum Gasteiger partial charge on any atom is 0.261 e. The van der Waals surface area contributed by atoms with Gasteiger partial charge >= 0.3 is 0 Å². The SMILES string of the molecule is COCCOc1ccc(Br)cc1C(=O)NC(=S)Nc1ccc(S(=O)(=O)N2CCC(C)CC2)cc1. The Morgan fingerprint density at radius 1 is 1.15 bits per heavy atom. The van der Waals surface area contributed by atoms with E-state index in [1.165, 1.54) is 16.4 Å². The van der Waals surface area contributed by atoms with E-state index in [-0.39, 0.29) is 10.0 Å². The van der Waals surface area contributed by atoms with Crippen molar-refractivity contribution in [2.75, 3.05) is 38.7 Å². The first kappa shape index (κ1) is 26.6. The summed E-state index contributed by atoms with van der Waals surface area (Å²) < 4.78 is 38.6. The zero-order valence-corrected chi connectivity index (χ0v) is 22.3. The number of nitrogens with one attached hydrogen (secondary N) is 2. The third-order valence-electron chi connectivity index (χ3n) is 5.45. The van der Waals surface area contributed by atoms with Crippen LogP contribution in [-0.2, 0) is 14.8 Å². The Balaban J connectivity index is 1.62. The van der Waals surface area contributed by atoms with Gasteiger partial charge in [0.25, 0.3) is 5.91 Å². The lowest BCUT2D eigenvalue weighted by Gasteiger charge is -2.29. The average molecular weight is 571 g/mol. The number of benzene rings is 2. The van der Waals surface area contributed by atoms with Gasteiger partial charge in [0.1, 0.15) is 12.4 Å². The molecule has 0 unspecified atom stereocenters. The molecule has 2 aromatic rings. The Labute approximate surface area is 214 Å². The first-order valence-electron chi connectivity index (χ1n) is 10.8. The highest BCUT2D eigenvalue weighted by atomic mass is 79.9. The standard InChI is InChI=1S/C23H28BrN3O5S2/c1-16-9-11-27(12-10-16)34(29,30)19-6-4-18(5-7-19)25-23(33)26-22(28)20-15-17(24)3-8-21(20)32-14-13-31-2/h3-8,15-16H,9-14H2,1-2H3,(H2,25,26,28,33). The third-order valence-corrected chi connectivity index (χ3v) is 8.06. The minimum absolute atomic E-state index is 0.0773. The lowest BCUT2D eigenvalue weighted by Crippen LogP contribution is -2.37. The summed E-state index contributed by atoms with van der Waals surface area (Å²) in [5.41, 5.74) is 0.870. The number of nitrogens with zero attached hydrogens (tertiary/aromatic N) is 1. The first-order valence-corrected chi connectivity index (χ1v) is 13.5. The molecule has 184 valence electrons. The number of carbonyl (C=O) groups is 1. The molecular formula is C23H28BrN3O5S2. The fourth-order valence-corrected chi connectivity index (χ4v) is 5.50. The number of sulfonamides is 1. The van der Waals surface area contributed by atoms with Crippen molar-refractivity contribution in [2.45, 2.75) is 24.7 Å². The number of amides is 1. The van der Waals surface area contributed by atoms with E-state index in [4.69, 9.17) is 21.7 Å². The number of piperidine rings is 1. The van der Waals surface area contributed by atoms with Crippen LogP contribution < -0.4 is 15.4 Å². The van der Waals surface area contributed by atoms with Crippen molar-refractivity contribution >= 4 is 54.9 Å². The molecule has 1 saturated heterocycles. The highest BCUT2D eigenvalue weighted by Crippen LogP contribution is 2.25. The van der Waals surface area contributed by atoms with Crippen LogP contribution in [0.2, 0.25) is 0 Å². The van der Waals surface area contributed by atoms with E-state index in [0.29, 0.717) is 49.2 Å². The maximum absolute atomic E-state index is 12.9. The van der Waals surface area contributed by atoms with Crippen molar-refractivity contribution in [2.24, 2.45) is 5.92 Å². The van der Waals surface area contributed by atoms with Gasteiger partial charge in [-0.3, -0.25) is 10.1 Å². The predicted octanol–water partition coefficient (Wildman–Crippen LogP) is 4.02. The number of thiocarbonyl (C=S) groups is 1. The molecule has 1 heterocycles. The van der Waals surface area contributed by atoms with Gasteiger partial charge < -0.3 is 14.8 Å². The minimum Gasteiger partial charge on any atom is -0.490 e. The molecule has 0 bridgehead atoms. The van der Waals surface area contributed by atoms with E-state index in [1.807, 2.05) is 0 Å². The van der Waals surface area contributed by atoms with Crippen molar-refractivity contribution in [1.29, 1.82) is 0 Å². The molecule has 0 aliphatic carbocycles. The van der Waals surface area contributed by atoms with Crippen LogP contribution in [0.15, 0.2) is 51.8 Å². The summed E-state index contributed by atoms with van der Waals surface area (Å²) >= 11 is 8.63. The summed E-state index contributed by atoms with van der Waals surface area (Å²) in [6, 6.07) is 11.4. The lowest BCUT2D eigenvalue weighted by atomic mass is 10.0. The lowest BCUT2D eigenvalue weighted by molar-refractivity contribution is 0.0969. The van der Waals surface area contributed by atoms with Crippen LogP contribution in [0.25, 0.3) is 0 Å². The van der Waals surface area contributed by atoms with E-state index in [1.54, 1.807) is 37.4 Å². The van der Waals surface area contributed by atoms with Crippen molar-refractivity contribution in [3.63, 3.8) is 0 Å². The van der Waals surface area contributed by atoms with Gasteiger partial charge in [0, 0.05) is 30.4 Å². The molecule has 1 aliphatic rings. The Morgan fingerprint density at radius 2 is 1.82 bits per heavy atom. The monoisotopic (exact) mass is 569 g/mol. The largest absolute Gasteiger partial charge is 0.490 e. The molecule has 11 heteroatoms. The summed E-state index contributed by atoms with van der Waals surface area (Å²) in [5.74, 6) is 0.506. The molecule has 1 fully saturated rings. The van der Waals surface area contributed by atoms with Crippen molar-refractivity contribution < 1.29 is 22.7 Å². The van der Waals surface area contributed by atoms with Gasteiger partial charge in [-0.15, -0.1) is 0 Å². The molecule has 0 radical (unpaired) electrons. The Bertz CT molecular complexity index is 1120. The molecule has 2 aromatic carbocycles. The molecule has 3 rings (SSSR count). The topological polar surface area (TPSA) is 97.0 Å². The molecule has 2 N–H and O–H groups in total. The van der Waals surface area contributed by atoms with Crippen LogP contribution in [0.3, 0.4) is 0 Å². The van der Waals surface area contributed by atoms with Crippen molar-refractivity contribution in [1.82, 2.24) is 9.62 Å². The number of halogens is 1. The fraction of sp³-hybridized carbons (Fsp3) is 0.391. The van der Waals surface area contributed by atoms with Gasteiger partial charge in [0.2, 0.25) is 10.0 Å². The summed E-state index contributed by atoms with van der Waals surface area (Å²) in [4.78, 5) is 13.0. The van der Waals surface area contributed by atoms with Gasteiger partial charge in [0.15, 0.2) is 5.11 Å². The van der Waals surface area contributed by atoms with E-state index < -0.39 is 15.9 Å². The first-order chi connectivity index (χ1) is 16.2. The molecule has 0 saturated carbocycles. The van der Waals surface area contributed by atoms with E-state index in [2.05, 4.69) is 33.5 Å². The summed E-state index contributed by atoms with van der Waals surface area (Å²) in [7, 11) is -1.96. The number of carbonyl (C=O) groups excluding carboxylic acids is 1. The van der Waals surface area contributed by atoms with E-state index >= 15 is 0 Å². The maximum atomic E-state index is 12.9. The molecule has 8 nitrogen and oxygen atoms in total. The Hall–Kier alpha value is -2.05. The van der Waals surface area contributed by atoms with E-state index in [9.17, 15) is 13.2 Å². The number of hydrogen-bond acceptors (Lipinski definition) is 6. The molecule has 0 atom stereocenters. The van der Waals surface area contributed by atoms with Gasteiger partial charge in [-0.25, -0.2) is 8.42 Å². The zero-order valence-electron chi connectivity index (χ0n) is 19.0. The number of hydrogen-bond donors (Lipinski definition) is 2. The molecule has 1 aliphatic heterocycles. The molecule has 1 amide bonds. The molecule has 34 heavy (non-hydrogen) atoms. The van der Waals surface area contributed by atoms with E-state index in [0.717, 1.165) is 17.3 Å². The van der Waals surface area contributed by atoms with Gasteiger partial charge in [0.05, 0.1) is 17.1 Å².